The third-order valence-electron chi connectivity index (χ3n) is 1.45. The monoisotopic (exact) mass is 178 g/mol. The fraction of sp³-hybridized carbons (Fsp3) is 0. The second kappa shape index (κ2) is 2.91. The van der Waals surface area contributed by atoms with Crippen molar-refractivity contribution in [3.05, 3.63) is 30.6 Å². The maximum absolute atomic E-state index is 9.17. The summed E-state index contributed by atoms with van der Waals surface area (Å²) in [4.78, 5) is 4.02. The largest absolute Gasteiger partial charge is 0.508 e. The maximum atomic E-state index is 9.17. The molecule has 0 aliphatic carbocycles. The molecule has 0 atom stereocenters. The summed E-state index contributed by atoms with van der Waals surface area (Å²) in [6.07, 6.45) is 1.50. The Hall–Kier alpha value is -1.42. The van der Waals surface area contributed by atoms with Crippen LogP contribution >= 0.6 is 11.5 Å². The molecule has 2 aromatic rings. The van der Waals surface area contributed by atoms with E-state index in [4.69, 9.17) is 5.11 Å². The number of rotatable bonds is 1. The standard InChI is InChI=1S/C8H6N2OS/c11-7-3-1-2-6(4-7)8-9-5-10-12-8/h1-5,11H. The molecule has 0 saturated carbocycles. The zero-order valence-corrected chi connectivity index (χ0v) is 6.95. The zero-order valence-electron chi connectivity index (χ0n) is 6.14. The molecule has 60 valence electrons. The lowest BCUT2D eigenvalue weighted by atomic mass is 10.2. The smallest absolute Gasteiger partial charge is 0.143 e. The molecular formula is C8H6N2OS. The van der Waals surface area contributed by atoms with Gasteiger partial charge in [-0.3, -0.25) is 0 Å². The Labute approximate surface area is 73.5 Å². The number of phenolic OH excluding ortho intramolecular Hbond substituents is 1. The number of aromatic nitrogens is 2. The molecule has 2 rings (SSSR count). The number of nitrogens with zero attached hydrogens (tertiary/aromatic N) is 2. The predicted octanol–water partition coefficient (Wildman–Crippen LogP) is 1.91. The first kappa shape index (κ1) is 7.24. The van der Waals surface area contributed by atoms with Gasteiger partial charge in [-0.05, 0) is 23.7 Å². The Balaban J connectivity index is 2.48. The first-order chi connectivity index (χ1) is 5.86. The second-order valence-electron chi connectivity index (χ2n) is 2.30. The van der Waals surface area contributed by atoms with Gasteiger partial charge in [0.25, 0.3) is 0 Å². The van der Waals surface area contributed by atoms with Gasteiger partial charge in [-0.25, -0.2) is 4.98 Å². The van der Waals surface area contributed by atoms with Crippen molar-refractivity contribution in [1.29, 1.82) is 0 Å². The summed E-state index contributed by atoms with van der Waals surface area (Å²) >= 11 is 1.31. The van der Waals surface area contributed by atoms with Gasteiger partial charge < -0.3 is 5.11 Å². The van der Waals surface area contributed by atoms with Crippen LogP contribution in [0.5, 0.6) is 5.75 Å². The summed E-state index contributed by atoms with van der Waals surface area (Å²) in [5.74, 6) is 0.253. The number of hydrogen-bond donors (Lipinski definition) is 1. The topological polar surface area (TPSA) is 46.0 Å². The van der Waals surface area contributed by atoms with E-state index in [1.54, 1.807) is 18.2 Å². The van der Waals surface area contributed by atoms with Crippen molar-refractivity contribution < 1.29 is 5.11 Å². The SMILES string of the molecule is Oc1cccc(-c2ncns2)c1. The van der Waals surface area contributed by atoms with Crippen LogP contribution in [0.25, 0.3) is 10.6 Å². The van der Waals surface area contributed by atoms with Crippen molar-refractivity contribution in [2.24, 2.45) is 0 Å². The molecule has 1 N–H and O–H groups in total. The average molecular weight is 178 g/mol. The zero-order chi connectivity index (χ0) is 8.39. The molecule has 1 aromatic carbocycles. The van der Waals surface area contributed by atoms with Gasteiger partial charge >= 0.3 is 0 Å². The predicted molar refractivity (Wildman–Crippen MR) is 47.0 cm³/mol. The third-order valence-corrected chi connectivity index (χ3v) is 2.17. The minimum atomic E-state index is 0.253. The molecule has 0 unspecified atom stereocenters. The van der Waals surface area contributed by atoms with Crippen LogP contribution in [-0.4, -0.2) is 14.5 Å². The van der Waals surface area contributed by atoms with E-state index in [1.807, 2.05) is 6.07 Å². The Morgan fingerprint density at radius 2 is 2.25 bits per heavy atom. The highest BCUT2D eigenvalue weighted by atomic mass is 32.1. The van der Waals surface area contributed by atoms with E-state index < -0.39 is 0 Å². The molecule has 0 bridgehead atoms. The van der Waals surface area contributed by atoms with Crippen molar-refractivity contribution in [2.45, 2.75) is 0 Å². The van der Waals surface area contributed by atoms with Crippen molar-refractivity contribution in [1.82, 2.24) is 9.36 Å². The van der Waals surface area contributed by atoms with Crippen LogP contribution in [0.3, 0.4) is 0 Å². The summed E-state index contributed by atoms with van der Waals surface area (Å²) in [6.45, 7) is 0. The minimum absolute atomic E-state index is 0.253. The molecule has 0 saturated heterocycles. The van der Waals surface area contributed by atoms with Crippen LogP contribution in [0.15, 0.2) is 30.6 Å². The second-order valence-corrected chi connectivity index (χ2v) is 3.08. The molecule has 0 fully saturated rings. The van der Waals surface area contributed by atoms with Crippen molar-refractivity contribution in [3.8, 4) is 16.3 Å². The Bertz CT molecular complexity index is 372. The van der Waals surface area contributed by atoms with E-state index in [0.717, 1.165) is 10.6 Å². The van der Waals surface area contributed by atoms with Gasteiger partial charge in [-0.2, -0.15) is 4.37 Å². The lowest BCUT2D eigenvalue weighted by Gasteiger charge is -1.94. The molecule has 12 heavy (non-hydrogen) atoms. The molecule has 4 heteroatoms. The number of hydrogen-bond acceptors (Lipinski definition) is 4. The molecule has 0 amide bonds. The van der Waals surface area contributed by atoms with Crippen LogP contribution in [0.1, 0.15) is 0 Å². The highest BCUT2D eigenvalue weighted by Crippen LogP contribution is 2.23. The summed E-state index contributed by atoms with van der Waals surface area (Å²) in [5, 5.41) is 9.99. The molecule has 3 nitrogen and oxygen atoms in total. The van der Waals surface area contributed by atoms with Crippen LogP contribution in [0.2, 0.25) is 0 Å². The molecular weight excluding hydrogens is 172 g/mol. The summed E-state index contributed by atoms with van der Waals surface area (Å²) in [6, 6.07) is 6.97. The summed E-state index contributed by atoms with van der Waals surface area (Å²) in [5.41, 5.74) is 0.900. The molecule has 0 aliphatic heterocycles. The fourth-order valence-corrected chi connectivity index (χ4v) is 1.46. The van der Waals surface area contributed by atoms with Crippen LogP contribution in [0.4, 0.5) is 0 Å². The molecule has 1 heterocycles. The average Bonchev–Trinajstić information content (AvgIpc) is 2.56. The van der Waals surface area contributed by atoms with Crippen molar-refractivity contribution in [3.63, 3.8) is 0 Å². The van der Waals surface area contributed by atoms with Gasteiger partial charge in [-0.15, -0.1) is 0 Å². The highest BCUT2D eigenvalue weighted by molar-refractivity contribution is 7.09. The van der Waals surface area contributed by atoms with Crippen molar-refractivity contribution >= 4 is 11.5 Å². The lowest BCUT2D eigenvalue weighted by Crippen LogP contribution is -1.73. The summed E-state index contributed by atoms with van der Waals surface area (Å²) < 4.78 is 3.88. The van der Waals surface area contributed by atoms with E-state index in [9.17, 15) is 0 Å². The fourth-order valence-electron chi connectivity index (χ4n) is 0.939. The van der Waals surface area contributed by atoms with Gasteiger partial charge in [0.1, 0.15) is 17.1 Å². The van der Waals surface area contributed by atoms with E-state index in [0.29, 0.717) is 0 Å². The Morgan fingerprint density at radius 1 is 1.33 bits per heavy atom. The summed E-state index contributed by atoms with van der Waals surface area (Å²) in [7, 11) is 0. The first-order valence-corrected chi connectivity index (χ1v) is 4.20. The minimum Gasteiger partial charge on any atom is -0.508 e. The van der Waals surface area contributed by atoms with E-state index >= 15 is 0 Å². The normalized spacial score (nSPS) is 10.0. The van der Waals surface area contributed by atoms with Gasteiger partial charge in [0.05, 0.1) is 0 Å². The number of phenols is 1. The Kier molecular flexibility index (Phi) is 1.75. The van der Waals surface area contributed by atoms with Crippen LogP contribution in [0, 0.1) is 0 Å². The Morgan fingerprint density at radius 3 is 2.92 bits per heavy atom. The van der Waals surface area contributed by atoms with Gasteiger partial charge in [0.2, 0.25) is 0 Å². The lowest BCUT2D eigenvalue weighted by molar-refractivity contribution is 0.475. The maximum Gasteiger partial charge on any atom is 0.143 e. The van der Waals surface area contributed by atoms with E-state index in [2.05, 4.69) is 9.36 Å². The van der Waals surface area contributed by atoms with E-state index in [1.165, 1.54) is 17.9 Å². The van der Waals surface area contributed by atoms with Gasteiger partial charge in [0.15, 0.2) is 0 Å². The molecule has 0 aliphatic rings. The van der Waals surface area contributed by atoms with Crippen LogP contribution in [-0.2, 0) is 0 Å². The first-order valence-electron chi connectivity index (χ1n) is 3.42. The highest BCUT2D eigenvalue weighted by Gasteiger charge is 2.00. The third kappa shape index (κ3) is 1.29. The number of benzene rings is 1. The molecule has 0 radical (unpaired) electrons. The van der Waals surface area contributed by atoms with Crippen LogP contribution < -0.4 is 0 Å². The molecule has 1 aromatic heterocycles. The number of aromatic hydroxyl groups is 1. The van der Waals surface area contributed by atoms with Crippen molar-refractivity contribution in [2.75, 3.05) is 0 Å². The van der Waals surface area contributed by atoms with Gasteiger partial charge in [0, 0.05) is 5.56 Å². The molecule has 0 spiro atoms. The van der Waals surface area contributed by atoms with E-state index in [-0.39, 0.29) is 5.75 Å². The quantitative estimate of drug-likeness (QED) is 0.725. The van der Waals surface area contributed by atoms with Gasteiger partial charge in [-0.1, -0.05) is 12.1 Å².